The summed E-state index contributed by atoms with van der Waals surface area (Å²) < 4.78 is 12.5. The number of aromatic nitrogens is 3. The minimum absolute atomic E-state index is 0.269. The van der Waals surface area contributed by atoms with E-state index in [2.05, 4.69) is 15.2 Å². The fourth-order valence-electron chi connectivity index (χ4n) is 0.929. The van der Waals surface area contributed by atoms with Crippen molar-refractivity contribution in [3.63, 3.8) is 0 Å². The van der Waals surface area contributed by atoms with E-state index >= 15 is 0 Å². The summed E-state index contributed by atoms with van der Waals surface area (Å²) in [4.78, 5) is 2.76. The van der Waals surface area contributed by atoms with Crippen LogP contribution in [0.15, 0.2) is 24.5 Å². The first-order chi connectivity index (χ1) is 5.36. The normalized spacial score (nSPS) is 10.3. The van der Waals surface area contributed by atoms with E-state index in [9.17, 15) is 4.39 Å². The van der Waals surface area contributed by atoms with Crippen LogP contribution in [0.1, 0.15) is 0 Å². The summed E-state index contributed by atoms with van der Waals surface area (Å²) in [5, 5.41) is 6.46. The maximum absolute atomic E-state index is 12.5. The Bertz CT molecular complexity index is 336. The molecule has 0 atom stereocenters. The summed E-state index contributed by atoms with van der Waals surface area (Å²) in [5.41, 5.74) is 1.49. The summed E-state index contributed by atoms with van der Waals surface area (Å²) in [6, 6.07) is 3.18. The van der Waals surface area contributed by atoms with Gasteiger partial charge in [-0.1, -0.05) is 0 Å². The Labute approximate surface area is 62.3 Å². The molecule has 2 heterocycles. The van der Waals surface area contributed by atoms with Gasteiger partial charge in [0.2, 0.25) is 0 Å². The van der Waals surface area contributed by atoms with Crippen LogP contribution in [-0.4, -0.2) is 15.2 Å². The predicted molar refractivity (Wildman–Crippen MR) is 38.3 cm³/mol. The SMILES string of the molecule is Fc1c[nH]c(-c2ccn[nH]2)c1. The number of hydrogen-bond acceptors (Lipinski definition) is 1. The quantitative estimate of drug-likeness (QED) is 0.638. The van der Waals surface area contributed by atoms with Crippen molar-refractivity contribution in [1.82, 2.24) is 15.2 Å². The Morgan fingerprint density at radius 3 is 2.82 bits per heavy atom. The number of rotatable bonds is 1. The molecule has 0 aliphatic heterocycles. The summed E-state index contributed by atoms with van der Waals surface area (Å²) in [6.07, 6.45) is 2.92. The molecule has 0 saturated carbocycles. The fraction of sp³-hybridized carbons (Fsp3) is 0. The second kappa shape index (κ2) is 2.23. The number of hydrogen-bond donors (Lipinski definition) is 2. The van der Waals surface area contributed by atoms with Gasteiger partial charge in [-0.15, -0.1) is 0 Å². The molecule has 0 aromatic carbocycles. The van der Waals surface area contributed by atoms with Gasteiger partial charge in [-0.2, -0.15) is 5.10 Å². The molecule has 0 aliphatic rings. The number of H-pyrrole nitrogens is 2. The second-order valence-electron chi connectivity index (χ2n) is 2.20. The molecule has 0 fully saturated rings. The number of halogens is 1. The van der Waals surface area contributed by atoms with Gasteiger partial charge in [0, 0.05) is 18.5 Å². The molecule has 0 spiro atoms. The number of nitrogens with zero attached hydrogens (tertiary/aromatic N) is 1. The molecule has 0 aliphatic carbocycles. The van der Waals surface area contributed by atoms with Crippen LogP contribution in [0.5, 0.6) is 0 Å². The summed E-state index contributed by atoms with van der Waals surface area (Å²) in [6.45, 7) is 0. The number of aromatic amines is 2. The van der Waals surface area contributed by atoms with Crippen molar-refractivity contribution in [1.29, 1.82) is 0 Å². The summed E-state index contributed by atoms with van der Waals surface area (Å²) >= 11 is 0. The molecule has 0 unspecified atom stereocenters. The number of nitrogens with one attached hydrogen (secondary N) is 2. The lowest BCUT2D eigenvalue weighted by molar-refractivity contribution is 0.630. The van der Waals surface area contributed by atoms with Gasteiger partial charge in [0.05, 0.1) is 11.4 Å². The third-order valence-corrected chi connectivity index (χ3v) is 1.44. The van der Waals surface area contributed by atoms with Gasteiger partial charge in [-0.3, -0.25) is 5.10 Å². The van der Waals surface area contributed by atoms with Crippen molar-refractivity contribution in [2.24, 2.45) is 0 Å². The monoisotopic (exact) mass is 151 g/mol. The predicted octanol–water partition coefficient (Wildman–Crippen LogP) is 1.54. The van der Waals surface area contributed by atoms with Gasteiger partial charge in [0.15, 0.2) is 0 Å². The second-order valence-corrected chi connectivity index (χ2v) is 2.20. The van der Waals surface area contributed by atoms with Gasteiger partial charge in [-0.05, 0) is 6.07 Å². The molecule has 0 radical (unpaired) electrons. The molecule has 11 heavy (non-hydrogen) atoms. The van der Waals surface area contributed by atoms with Gasteiger partial charge < -0.3 is 4.98 Å². The minimum Gasteiger partial charge on any atom is -0.357 e. The third kappa shape index (κ3) is 1.02. The van der Waals surface area contributed by atoms with Crippen molar-refractivity contribution < 1.29 is 4.39 Å². The van der Waals surface area contributed by atoms with Crippen LogP contribution in [0.3, 0.4) is 0 Å². The van der Waals surface area contributed by atoms with Crippen LogP contribution in [0.2, 0.25) is 0 Å². The zero-order valence-corrected chi connectivity index (χ0v) is 5.63. The molecule has 2 N–H and O–H groups in total. The first kappa shape index (κ1) is 6.15. The van der Waals surface area contributed by atoms with Gasteiger partial charge in [0.1, 0.15) is 5.82 Å². The molecule has 2 rings (SSSR count). The fourth-order valence-corrected chi connectivity index (χ4v) is 0.929. The average Bonchev–Trinajstić information content (AvgIpc) is 2.55. The molecule has 56 valence electrons. The van der Waals surface area contributed by atoms with Crippen molar-refractivity contribution in [3.8, 4) is 11.4 Å². The zero-order chi connectivity index (χ0) is 7.68. The van der Waals surface area contributed by atoms with E-state index in [1.165, 1.54) is 12.3 Å². The van der Waals surface area contributed by atoms with Crippen molar-refractivity contribution in [2.45, 2.75) is 0 Å². The summed E-state index contributed by atoms with van der Waals surface area (Å²) in [7, 11) is 0. The van der Waals surface area contributed by atoms with Crippen LogP contribution in [-0.2, 0) is 0 Å². The Morgan fingerprint density at radius 1 is 1.36 bits per heavy atom. The Morgan fingerprint density at radius 2 is 2.27 bits per heavy atom. The molecule has 2 aromatic rings. The largest absolute Gasteiger partial charge is 0.357 e. The van der Waals surface area contributed by atoms with Gasteiger partial charge in [0.25, 0.3) is 0 Å². The average molecular weight is 151 g/mol. The molecule has 0 amide bonds. The van der Waals surface area contributed by atoms with Crippen LogP contribution >= 0.6 is 0 Å². The van der Waals surface area contributed by atoms with E-state index in [0.717, 1.165) is 5.69 Å². The summed E-state index contributed by atoms with van der Waals surface area (Å²) in [5.74, 6) is -0.269. The molecule has 3 nitrogen and oxygen atoms in total. The first-order valence-corrected chi connectivity index (χ1v) is 3.20. The molecular formula is C7H6FN3. The highest BCUT2D eigenvalue weighted by Crippen LogP contribution is 2.14. The van der Waals surface area contributed by atoms with Crippen LogP contribution in [0.25, 0.3) is 11.4 Å². The minimum atomic E-state index is -0.269. The van der Waals surface area contributed by atoms with Crippen molar-refractivity contribution >= 4 is 0 Å². The van der Waals surface area contributed by atoms with Crippen molar-refractivity contribution in [3.05, 3.63) is 30.3 Å². The molecule has 0 saturated heterocycles. The van der Waals surface area contributed by atoms with Crippen LogP contribution < -0.4 is 0 Å². The van der Waals surface area contributed by atoms with E-state index in [1.54, 1.807) is 12.3 Å². The smallest absolute Gasteiger partial charge is 0.141 e. The lowest BCUT2D eigenvalue weighted by atomic mass is 10.3. The lowest BCUT2D eigenvalue weighted by Gasteiger charge is -1.86. The third-order valence-electron chi connectivity index (χ3n) is 1.44. The van der Waals surface area contributed by atoms with Gasteiger partial charge in [-0.25, -0.2) is 4.39 Å². The molecule has 0 bridgehead atoms. The maximum Gasteiger partial charge on any atom is 0.141 e. The maximum atomic E-state index is 12.5. The Kier molecular flexibility index (Phi) is 1.25. The van der Waals surface area contributed by atoms with E-state index < -0.39 is 0 Å². The van der Waals surface area contributed by atoms with Crippen molar-refractivity contribution in [2.75, 3.05) is 0 Å². The van der Waals surface area contributed by atoms with Gasteiger partial charge >= 0.3 is 0 Å². The Hall–Kier alpha value is -1.58. The Balaban J connectivity index is 2.45. The highest BCUT2D eigenvalue weighted by molar-refractivity contribution is 5.53. The molecule has 2 aromatic heterocycles. The first-order valence-electron chi connectivity index (χ1n) is 3.20. The van der Waals surface area contributed by atoms with E-state index in [-0.39, 0.29) is 5.82 Å². The zero-order valence-electron chi connectivity index (χ0n) is 5.63. The van der Waals surface area contributed by atoms with Crippen LogP contribution in [0.4, 0.5) is 4.39 Å². The molecule has 4 heteroatoms. The van der Waals surface area contributed by atoms with E-state index in [1.807, 2.05) is 0 Å². The lowest BCUT2D eigenvalue weighted by Crippen LogP contribution is -1.75. The topological polar surface area (TPSA) is 44.5 Å². The molecular weight excluding hydrogens is 145 g/mol. The van der Waals surface area contributed by atoms with E-state index in [0.29, 0.717) is 5.69 Å². The highest BCUT2D eigenvalue weighted by Gasteiger charge is 2.00. The van der Waals surface area contributed by atoms with E-state index in [4.69, 9.17) is 0 Å². The standard InChI is InChI=1S/C7H6FN3/c8-5-3-7(9-4-5)6-1-2-10-11-6/h1-4,9H,(H,10,11). The highest BCUT2D eigenvalue weighted by atomic mass is 19.1. The van der Waals surface area contributed by atoms with Crippen LogP contribution in [0, 0.1) is 5.82 Å².